The molecule has 2 unspecified atom stereocenters. The van der Waals surface area contributed by atoms with E-state index < -0.39 is 0 Å². The van der Waals surface area contributed by atoms with Crippen LogP contribution in [0.4, 0.5) is 0 Å². The number of aromatic nitrogens is 2. The lowest BCUT2D eigenvalue weighted by molar-refractivity contribution is 0.363. The lowest BCUT2D eigenvalue weighted by Gasteiger charge is -2.17. The molecule has 0 radical (unpaired) electrons. The van der Waals surface area contributed by atoms with Crippen LogP contribution in [-0.2, 0) is 0 Å². The van der Waals surface area contributed by atoms with Gasteiger partial charge in [0, 0.05) is 22.1 Å². The van der Waals surface area contributed by atoms with Crippen LogP contribution in [0.5, 0.6) is 0 Å². The van der Waals surface area contributed by atoms with E-state index in [1.165, 1.54) is 5.75 Å². The normalized spacial score (nSPS) is 21.9. The summed E-state index contributed by atoms with van der Waals surface area (Å²) in [6, 6.07) is 3.67. The summed E-state index contributed by atoms with van der Waals surface area (Å²) in [4.78, 5) is 5.51. The molecule has 1 fully saturated rings. The zero-order chi connectivity index (χ0) is 12.4. The fourth-order valence-corrected chi connectivity index (χ4v) is 5.04. The minimum Gasteiger partial charge on any atom is -0.337 e. The second-order valence-corrected chi connectivity index (χ2v) is 7.36. The average Bonchev–Trinajstić information content (AvgIpc) is 3.10. The zero-order valence-corrected chi connectivity index (χ0v) is 12.1. The van der Waals surface area contributed by atoms with Crippen molar-refractivity contribution in [1.82, 2.24) is 10.1 Å². The Balaban J connectivity index is 1.76. The Morgan fingerprint density at radius 2 is 2.39 bits per heavy atom. The molecule has 2 aromatic heterocycles. The molecule has 4 nitrogen and oxygen atoms in total. The van der Waals surface area contributed by atoms with Gasteiger partial charge in [0.2, 0.25) is 5.89 Å². The number of rotatable bonds is 3. The average molecular weight is 299 g/mol. The molecule has 0 aliphatic carbocycles. The Kier molecular flexibility index (Phi) is 3.93. The van der Waals surface area contributed by atoms with Crippen molar-refractivity contribution >= 4 is 34.9 Å². The molecule has 0 aromatic carbocycles. The maximum Gasteiger partial charge on any atom is 0.249 e. The number of thioether (sulfide) groups is 2. The highest BCUT2D eigenvalue weighted by Crippen LogP contribution is 2.35. The highest BCUT2D eigenvalue weighted by molar-refractivity contribution is 8.06. The predicted octanol–water partition coefficient (Wildman–Crippen LogP) is 2.70. The summed E-state index contributed by atoms with van der Waals surface area (Å²) >= 11 is 5.44. The van der Waals surface area contributed by atoms with E-state index in [-0.39, 0.29) is 6.04 Å². The van der Waals surface area contributed by atoms with Crippen molar-refractivity contribution in [3.63, 3.8) is 0 Å². The Labute approximate surface area is 118 Å². The SMILES string of the molecule is NC(c1nc(C2CSCCS2)no1)c1cccs1. The van der Waals surface area contributed by atoms with Gasteiger partial charge >= 0.3 is 0 Å². The van der Waals surface area contributed by atoms with Crippen LogP contribution in [0, 0.1) is 0 Å². The molecule has 2 aromatic rings. The molecule has 0 spiro atoms. The van der Waals surface area contributed by atoms with Gasteiger partial charge in [0.05, 0.1) is 5.25 Å². The Bertz CT molecular complexity index is 493. The first-order valence-electron chi connectivity index (χ1n) is 5.66. The fraction of sp³-hybridized carbons (Fsp3) is 0.455. The van der Waals surface area contributed by atoms with E-state index in [2.05, 4.69) is 10.1 Å². The molecule has 18 heavy (non-hydrogen) atoms. The van der Waals surface area contributed by atoms with Gasteiger partial charge in [-0.25, -0.2) is 0 Å². The highest BCUT2D eigenvalue weighted by Gasteiger charge is 2.24. The number of hydrogen-bond acceptors (Lipinski definition) is 7. The van der Waals surface area contributed by atoms with Crippen LogP contribution in [0.25, 0.3) is 0 Å². The molecule has 0 saturated carbocycles. The van der Waals surface area contributed by atoms with Crippen LogP contribution >= 0.6 is 34.9 Å². The van der Waals surface area contributed by atoms with E-state index in [1.54, 1.807) is 11.3 Å². The van der Waals surface area contributed by atoms with Crippen molar-refractivity contribution < 1.29 is 4.52 Å². The van der Waals surface area contributed by atoms with Crippen LogP contribution in [0.3, 0.4) is 0 Å². The van der Waals surface area contributed by atoms with Gasteiger partial charge in [0.25, 0.3) is 0 Å². The number of nitrogens with zero attached hydrogens (tertiary/aromatic N) is 2. The maximum absolute atomic E-state index is 6.11. The lowest BCUT2D eigenvalue weighted by Crippen LogP contribution is -2.12. The molecule has 2 N–H and O–H groups in total. The number of nitrogens with two attached hydrogens (primary N) is 1. The van der Waals surface area contributed by atoms with Gasteiger partial charge in [0.1, 0.15) is 6.04 Å². The van der Waals surface area contributed by atoms with Crippen molar-refractivity contribution in [2.45, 2.75) is 11.3 Å². The van der Waals surface area contributed by atoms with Gasteiger partial charge in [-0.15, -0.1) is 23.1 Å². The van der Waals surface area contributed by atoms with E-state index in [0.29, 0.717) is 11.1 Å². The van der Waals surface area contributed by atoms with E-state index in [9.17, 15) is 0 Å². The third-order valence-corrected chi connectivity index (χ3v) is 6.38. The maximum atomic E-state index is 6.11. The smallest absolute Gasteiger partial charge is 0.249 e. The van der Waals surface area contributed by atoms with Gasteiger partial charge in [0.15, 0.2) is 5.82 Å². The molecule has 7 heteroatoms. The lowest BCUT2D eigenvalue weighted by atomic mass is 10.2. The van der Waals surface area contributed by atoms with Crippen LogP contribution in [0.15, 0.2) is 22.0 Å². The third kappa shape index (κ3) is 2.59. The van der Waals surface area contributed by atoms with Crippen LogP contribution in [-0.4, -0.2) is 27.4 Å². The van der Waals surface area contributed by atoms with E-state index in [1.807, 2.05) is 41.0 Å². The summed E-state index contributed by atoms with van der Waals surface area (Å²) in [6.45, 7) is 0. The first kappa shape index (κ1) is 12.5. The van der Waals surface area contributed by atoms with Crippen molar-refractivity contribution in [3.05, 3.63) is 34.1 Å². The van der Waals surface area contributed by atoms with Crippen molar-refractivity contribution in [2.24, 2.45) is 5.73 Å². The second-order valence-electron chi connectivity index (χ2n) is 3.92. The minimum atomic E-state index is -0.299. The first-order valence-corrected chi connectivity index (χ1v) is 8.75. The van der Waals surface area contributed by atoms with E-state index in [4.69, 9.17) is 10.3 Å². The van der Waals surface area contributed by atoms with Crippen LogP contribution in [0.1, 0.15) is 27.9 Å². The summed E-state index contributed by atoms with van der Waals surface area (Å²) in [5.74, 6) is 4.71. The Hall–Kier alpha value is -0.500. The van der Waals surface area contributed by atoms with E-state index >= 15 is 0 Å². The van der Waals surface area contributed by atoms with Crippen molar-refractivity contribution in [1.29, 1.82) is 0 Å². The molecule has 1 aliphatic heterocycles. The first-order chi connectivity index (χ1) is 8.84. The van der Waals surface area contributed by atoms with Gasteiger partial charge in [-0.2, -0.15) is 16.7 Å². The number of thiophene rings is 1. The molecule has 3 heterocycles. The quantitative estimate of drug-likeness (QED) is 0.940. The van der Waals surface area contributed by atoms with E-state index in [0.717, 1.165) is 22.2 Å². The second kappa shape index (κ2) is 5.64. The van der Waals surface area contributed by atoms with Crippen LogP contribution < -0.4 is 5.73 Å². The van der Waals surface area contributed by atoms with Gasteiger partial charge < -0.3 is 10.3 Å². The molecular weight excluding hydrogens is 286 g/mol. The summed E-state index contributed by atoms with van der Waals surface area (Å²) in [7, 11) is 0. The van der Waals surface area contributed by atoms with Crippen molar-refractivity contribution in [2.75, 3.05) is 17.3 Å². The largest absolute Gasteiger partial charge is 0.337 e. The standard InChI is InChI=1S/C11H13N3OS3/c12-9(7-2-1-3-17-7)11-13-10(14-15-11)8-6-16-4-5-18-8/h1-3,8-9H,4-6,12H2. The summed E-state index contributed by atoms with van der Waals surface area (Å²) in [5, 5.41) is 6.42. The monoisotopic (exact) mass is 299 g/mol. The van der Waals surface area contributed by atoms with Crippen molar-refractivity contribution in [3.8, 4) is 0 Å². The molecule has 0 bridgehead atoms. The van der Waals surface area contributed by atoms with Gasteiger partial charge in [-0.05, 0) is 11.4 Å². The summed E-state index contributed by atoms with van der Waals surface area (Å²) in [5.41, 5.74) is 6.11. The van der Waals surface area contributed by atoms with Gasteiger partial charge in [-0.1, -0.05) is 11.2 Å². The highest BCUT2D eigenvalue weighted by atomic mass is 32.2. The molecule has 3 rings (SSSR count). The summed E-state index contributed by atoms with van der Waals surface area (Å²) < 4.78 is 5.30. The topological polar surface area (TPSA) is 64.9 Å². The van der Waals surface area contributed by atoms with Crippen LogP contribution in [0.2, 0.25) is 0 Å². The zero-order valence-electron chi connectivity index (χ0n) is 9.61. The molecule has 2 atom stereocenters. The molecule has 1 saturated heterocycles. The minimum absolute atomic E-state index is 0.299. The molecule has 1 aliphatic rings. The Morgan fingerprint density at radius 1 is 1.44 bits per heavy atom. The molecule has 96 valence electrons. The number of hydrogen-bond donors (Lipinski definition) is 1. The third-order valence-electron chi connectivity index (χ3n) is 2.68. The molecule has 0 amide bonds. The Morgan fingerprint density at radius 3 is 3.11 bits per heavy atom. The summed E-state index contributed by atoms with van der Waals surface area (Å²) in [6.07, 6.45) is 0. The fourth-order valence-electron chi connectivity index (χ4n) is 1.73. The molecular formula is C11H13N3OS3. The van der Waals surface area contributed by atoms with Gasteiger partial charge in [-0.3, -0.25) is 0 Å². The predicted molar refractivity (Wildman–Crippen MR) is 77.2 cm³/mol.